The van der Waals surface area contributed by atoms with Gasteiger partial charge in [0.25, 0.3) is 0 Å². The molecule has 2 rings (SSSR count). The Balaban J connectivity index is 2.60. The zero-order valence-corrected chi connectivity index (χ0v) is 6.81. The number of halogens is 1. The number of fused-ring (bicyclic) bond motifs is 1. The minimum atomic E-state index is 0.716. The van der Waals surface area contributed by atoms with E-state index in [1.807, 2.05) is 12.1 Å². The maximum Gasteiger partial charge on any atom is 0.128 e. The zero-order valence-electron chi connectivity index (χ0n) is 5.23. The predicted octanol–water partition coefficient (Wildman–Crippen LogP) is 1.92. The maximum absolute atomic E-state index is 5.60. The van der Waals surface area contributed by atoms with Crippen LogP contribution in [0.15, 0.2) is 16.6 Å². The van der Waals surface area contributed by atoms with Crippen LogP contribution in [0.2, 0.25) is 0 Å². The lowest BCUT2D eigenvalue weighted by molar-refractivity contribution is 0.243. The Kier molecular flexibility index (Phi) is 1.14. The van der Waals surface area contributed by atoms with Crippen LogP contribution in [-0.4, -0.2) is 0 Å². The molecule has 0 aliphatic carbocycles. The number of benzene rings is 1. The van der Waals surface area contributed by atoms with E-state index in [0.29, 0.717) is 6.61 Å². The average molecular weight is 200 g/mol. The van der Waals surface area contributed by atoms with Crippen molar-refractivity contribution in [2.75, 3.05) is 5.73 Å². The standard InChI is InChI=1S/C7H6BrNO/c8-5-1-4-3-10-7(4)2-6(5)9/h1-2H,3,9H2. The van der Waals surface area contributed by atoms with E-state index in [-0.39, 0.29) is 0 Å². The van der Waals surface area contributed by atoms with Crippen molar-refractivity contribution in [3.63, 3.8) is 0 Å². The summed E-state index contributed by atoms with van der Waals surface area (Å²) in [6.07, 6.45) is 0. The Morgan fingerprint density at radius 3 is 2.80 bits per heavy atom. The Morgan fingerprint density at radius 1 is 1.50 bits per heavy atom. The van der Waals surface area contributed by atoms with Crippen LogP contribution in [0.3, 0.4) is 0 Å². The van der Waals surface area contributed by atoms with Crippen molar-refractivity contribution in [1.82, 2.24) is 0 Å². The Morgan fingerprint density at radius 2 is 2.30 bits per heavy atom. The summed E-state index contributed by atoms with van der Waals surface area (Å²) in [7, 11) is 0. The van der Waals surface area contributed by atoms with E-state index >= 15 is 0 Å². The second kappa shape index (κ2) is 1.89. The van der Waals surface area contributed by atoms with E-state index in [2.05, 4.69) is 15.9 Å². The molecule has 0 fully saturated rings. The smallest absolute Gasteiger partial charge is 0.128 e. The molecule has 10 heavy (non-hydrogen) atoms. The monoisotopic (exact) mass is 199 g/mol. The molecule has 1 aliphatic heterocycles. The average Bonchev–Trinajstić information content (AvgIpc) is 1.89. The van der Waals surface area contributed by atoms with Crippen molar-refractivity contribution in [3.05, 3.63) is 22.2 Å². The maximum atomic E-state index is 5.60. The lowest BCUT2D eigenvalue weighted by atomic mass is 10.1. The van der Waals surface area contributed by atoms with Gasteiger partial charge < -0.3 is 10.5 Å². The molecule has 1 aromatic carbocycles. The minimum absolute atomic E-state index is 0.716. The van der Waals surface area contributed by atoms with E-state index in [4.69, 9.17) is 10.5 Å². The van der Waals surface area contributed by atoms with Gasteiger partial charge >= 0.3 is 0 Å². The first-order chi connectivity index (χ1) is 4.77. The van der Waals surface area contributed by atoms with Crippen molar-refractivity contribution in [3.8, 4) is 5.75 Å². The van der Waals surface area contributed by atoms with Crippen molar-refractivity contribution < 1.29 is 4.74 Å². The molecule has 52 valence electrons. The van der Waals surface area contributed by atoms with E-state index in [9.17, 15) is 0 Å². The third-order valence-corrected chi connectivity index (χ3v) is 2.25. The molecular weight excluding hydrogens is 194 g/mol. The topological polar surface area (TPSA) is 35.2 Å². The number of anilines is 1. The molecule has 0 bridgehead atoms. The van der Waals surface area contributed by atoms with Gasteiger partial charge in [0.1, 0.15) is 12.4 Å². The molecule has 0 atom stereocenters. The van der Waals surface area contributed by atoms with Crippen LogP contribution in [0, 0.1) is 0 Å². The number of nitrogens with two attached hydrogens (primary N) is 1. The third kappa shape index (κ3) is 0.703. The molecule has 0 saturated carbocycles. The molecule has 0 aromatic heterocycles. The number of rotatable bonds is 0. The van der Waals surface area contributed by atoms with Gasteiger partial charge in [0.2, 0.25) is 0 Å². The predicted molar refractivity (Wildman–Crippen MR) is 42.9 cm³/mol. The minimum Gasteiger partial charge on any atom is -0.488 e. The number of nitrogen functional groups attached to an aromatic ring is 1. The quantitative estimate of drug-likeness (QED) is 0.649. The van der Waals surface area contributed by atoms with Crippen LogP contribution in [0.1, 0.15) is 5.56 Å². The van der Waals surface area contributed by atoms with Crippen molar-refractivity contribution in [2.45, 2.75) is 6.61 Å². The first kappa shape index (κ1) is 6.04. The number of hydrogen-bond donors (Lipinski definition) is 1. The molecule has 2 N–H and O–H groups in total. The molecule has 0 spiro atoms. The van der Waals surface area contributed by atoms with Gasteiger partial charge in [0.15, 0.2) is 0 Å². The molecule has 0 unspecified atom stereocenters. The summed E-state index contributed by atoms with van der Waals surface area (Å²) in [4.78, 5) is 0. The van der Waals surface area contributed by atoms with Gasteiger partial charge in [-0.15, -0.1) is 0 Å². The Labute approximate surface area is 67.1 Å². The molecular formula is C7H6BrNO. The summed E-state index contributed by atoms with van der Waals surface area (Å²) in [5.74, 6) is 0.917. The summed E-state index contributed by atoms with van der Waals surface area (Å²) >= 11 is 3.33. The Hall–Kier alpha value is -0.700. The van der Waals surface area contributed by atoms with Crippen molar-refractivity contribution >= 4 is 21.6 Å². The highest BCUT2D eigenvalue weighted by Gasteiger charge is 2.15. The lowest BCUT2D eigenvalue weighted by Crippen LogP contribution is -2.09. The van der Waals surface area contributed by atoms with Crippen molar-refractivity contribution in [2.24, 2.45) is 0 Å². The summed E-state index contributed by atoms with van der Waals surface area (Å²) in [6, 6.07) is 3.83. The fraction of sp³-hybridized carbons (Fsp3) is 0.143. The summed E-state index contributed by atoms with van der Waals surface area (Å²) in [6.45, 7) is 0.716. The Bertz CT molecular complexity index is 245. The van der Waals surface area contributed by atoms with Crippen LogP contribution in [0.5, 0.6) is 5.75 Å². The van der Waals surface area contributed by atoms with Gasteiger partial charge in [0, 0.05) is 21.8 Å². The molecule has 1 aliphatic rings. The second-order valence-electron chi connectivity index (χ2n) is 2.27. The van der Waals surface area contributed by atoms with Gasteiger partial charge in [-0.1, -0.05) is 0 Å². The van der Waals surface area contributed by atoms with Gasteiger partial charge in [0.05, 0.1) is 0 Å². The normalized spacial score (nSPS) is 13.3. The van der Waals surface area contributed by atoms with Crippen LogP contribution < -0.4 is 10.5 Å². The zero-order chi connectivity index (χ0) is 7.14. The summed E-state index contributed by atoms with van der Waals surface area (Å²) in [5, 5.41) is 0. The molecule has 0 amide bonds. The first-order valence-corrected chi connectivity index (χ1v) is 3.77. The van der Waals surface area contributed by atoms with Crippen LogP contribution >= 0.6 is 15.9 Å². The number of hydrogen-bond acceptors (Lipinski definition) is 2. The van der Waals surface area contributed by atoms with Crippen LogP contribution in [-0.2, 0) is 6.61 Å². The van der Waals surface area contributed by atoms with Gasteiger partial charge in [-0.3, -0.25) is 0 Å². The highest BCUT2D eigenvalue weighted by Crippen LogP contribution is 2.35. The molecule has 2 nitrogen and oxygen atoms in total. The van der Waals surface area contributed by atoms with E-state index in [0.717, 1.165) is 15.9 Å². The molecule has 1 aromatic rings. The fourth-order valence-corrected chi connectivity index (χ4v) is 1.32. The van der Waals surface area contributed by atoms with E-state index in [1.165, 1.54) is 5.56 Å². The fourth-order valence-electron chi connectivity index (χ4n) is 0.932. The van der Waals surface area contributed by atoms with E-state index in [1.54, 1.807) is 0 Å². The SMILES string of the molecule is Nc1cc2c(cc1Br)CO2. The van der Waals surface area contributed by atoms with Crippen molar-refractivity contribution in [1.29, 1.82) is 0 Å². The molecule has 3 heteroatoms. The summed E-state index contributed by atoms with van der Waals surface area (Å²) < 4.78 is 6.06. The van der Waals surface area contributed by atoms with E-state index < -0.39 is 0 Å². The highest BCUT2D eigenvalue weighted by atomic mass is 79.9. The van der Waals surface area contributed by atoms with Gasteiger partial charge in [-0.2, -0.15) is 0 Å². The largest absolute Gasteiger partial charge is 0.488 e. The second-order valence-corrected chi connectivity index (χ2v) is 3.12. The van der Waals surface area contributed by atoms with Crippen LogP contribution in [0.25, 0.3) is 0 Å². The van der Waals surface area contributed by atoms with Gasteiger partial charge in [-0.25, -0.2) is 0 Å². The van der Waals surface area contributed by atoms with Crippen LogP contribution in [0.4, 0.5) is 5.69 Å². The number of ether oxygens (including phenoxy) is 1. The first-order valence-electron chi connectivity index (χ1n) is 2.98. The molecule has 0 radical (unpaired) electrons. The summed E-state index contributed by atoms with van der Waals surface area (Å²) in [5.41, 5.74) is 7.55. The highest BCUT2D eigenvalue weighted by molar-refractivity contribution is 9.10. The third-order valence-electron chi connectivity index (χ3n) is 1.56. The lowest BCUT2D eigenvalue weighted by Gasteiger charge is -2.20. The van der Waals surface area contributed by atoms with Gasteiger partial charge in [-0.05, 0) is 22.0 Å². The molecule has 0 saturated heterocycles. The molecule has 1 heterocycles.